The van der Waals surface area contributed by atoms with Crippen molar-refractivity contribution < 1.29 is 5.03 Å². The Morgan fingerprint density at radius 2 is 1.91 bits per heavy atom. The number of nitro groups is 1. The van der Waals surface area contributed by atoms with Crippen LogP contribution in [0.5, 0.6) is 0 Å². The fraction of sp³-hybridized carbons (Fsp3) is 0. The lowest BCUT2D eigenvalue weighted by Crippen LogP contribution is -2.13. The number of nitrogens with one attached hydrogen (secondary N) is 1. The number of aromatic nitrogens is 4. The van der Waals surface area contributed by atoms with E-state index < -0.39 is 5.03 Å². The van der Waals surface area contributed by atoms with E-state index in [0.717, 1.165) is 0 Å². The van der Waals surface area contributed by atoms with Gasteiger partial charge in [-0.25, -0.2) is 10.1 Å². The second-order valence-electron chi connectivity index (χ2n) is 1.45. The first-order chi connectivity index (χ1) is 5.18. The first-order valence-electron chi connectivity index (χ1n) is 2.42. The van der Waals surface area contributed by atoms with Gasteiger partial charge >= 0.3 is 5.95 Å². The number of hydrogen-bond acceptors (Lipinski definition) is 7. The monoisotopic (exact) mass is 157 g/mol. The Labute approximate surface area is 59.8 Å². The molecule has 0 aromatic carbocycles. The SMILES string of the molecule is Nc1nnc(N[N+](=O)[O-])nn1. The number of hydrazine groups is 1. The highest BCUT2D eigenvalue weighted by molar-refractivity contribution is 5.17. The smallest absolute Gasteiger partial charge is 0.322 e. The van der Waals surface area contributed by atoms with Crippen LogP contribution >= 0.6 is 0 Å². The van der Waals surface area contributed by atoms with E-state index in [-0.39, 0.29) is 11.9 Å². The molecular weight excluding hydrogens is 154 g/mol. The minimum absolute atomic E-state index is 0.140. The van der Waals surface area contributed by atoms with E-state index in [4.69, 9.17) is 5.73 Å². The zero-order chi connectivity index (χ0) is 8.27. The first kappa shape index (κ1) is 7.05. The summed E-state index contributed by atoms with van der Waals surface area (Å²) in [6, 6.07) is 0. The molecule has 0 saturated carbocycles. The summed E-state index contributed by atoms with van der Waals surface area (Å²) in [6.45, 7) is 0. The molecule has 1 heterocycles. The summed E-state index contributed by atoms with van der Waals surface area (Å²) in [5, 5.41) is 21.8. The van der Waals surface area contributed by atoms with E-state index in [1.165, 1.54) is 0 Å². The lowest BCUT2D eigenvalue weighted by Gasteiger charge is -1.91. The van der Waals surface area contributed by atoms with Gasteiger partial charge in [0.05, 0.1) is 0 Å². The van der Waals surface area contributed by atoms with Gasteiger partial charge in [-0.3, -0.25) is 0 Å². The molecule has 0 spiro atoms. The third-order valence-corrected chi connectivity index (χ3v) is 0.686. The molecule has 11 heavy (non-hydrogen) atoms. The Bertz CT molecular complexity index is 256. The second-order valence-corrected chi connectivity index (χ2v) is 1.45. The molecule has 1 aromatic rings. The molecule has 1 aromatic heterocycles. The van der Waals surface area contributed by atoms with E-state index in [0.29, 0.717) is 0 Å². The highest BCUT2D eigenvalue weighted by Crippen LogP contribution is 1.90. The van der Waals surface area contributed by atoms with Crippen molar-refractivity contribution in [2.45, 2.75) is 0 Å². The van der Waals surface area contributed by atoms with Gasteiger partial charge in [0.25, 0.3) is 5.95 Å². The maximum atomic E-state index is 9.78. The van der Waals surface area contributed by atoms with Gasteiger partial charge in [0, 0.05) is 0 Å². The van der Waals surface area contributed by atoms with Crippen molar-refractivity contribution in [1.82, 2.24) is 20.4 Å². The first-order valence-corrected chi connectivity index (χ1v) is 2.42. The van der Waals surface area contributed by atoms with Crippen molar-refractivity contribution in [1.29, 1.82) is 0 Å². The molecular formula is C2H3N7O2. The quantitative estimate of drug-likeness (QED) is 0.389. The van der Waals surface area contributed by atoms with Crippen LogP contribution < -0.4 is 11.2 Å². The molecule has 1 rings (SSSR count). The topological polar surface area (TPSA) is 133 Å². The van der Waals surface area contributed by atoms with Crippen molar-refractivity contribution in [3.63, 3.8) is 0 Å². The van der Waals surface area contributed by atoms with Crippen LogP contribution in [0.15, 0.2) is 0 Å². The van der Waals surface area contributed by atoms with E-state index >= 15 is 0 Å². The predicted molar refractivity (Wildman–Crippen MR) is 32.7 cm³/mol. The standard InChI is InChI=1S/C2H3N7O2/c3-1-4-6-2(7-5-1)8-9(10)11/h(H2,3,4,5)(H,6,7,8). The highest BCUT2D eigenvalue weighted by atomic mass is 16.7. The number of nitrogen functional groups attached to an aromatic ring is 1. The molecule has 0 aliphatic heterocycles. The minimum atomic E-state index is -0.825. The Hall–Kier alpha value is -2.06. The lowest BCUT2D eigenvalue weighted by molar-refractivity contribution is -0.446. The average molecular weight is 157 g/mol. The third kappa shape index (κ3) is 1.97. The van der Waals surface area contributed by atoms with Crippen molar-refractivity contribution in [3.05, 3.63) is 10.1 Å². The molecule has 3 N–H and O–H groups in total. The van der Waals surface area contributed by atoms with Gasteiger partial charge in [-0.15, -0.1) is 20.4 Å². The number of rotatable bonds is 2. The van der Waals surface area contributed by atoms with Crippen molar-refractivity contribution in [2.75, 3.05) is 11.2 Å². The second kappa shape index (κ2) is 2.68. The molecule has 0 aliphatic carbocycles. The van der Waals surface area contributed by atoms with Gasteiger partial charge in [-0.1, -0.05) is 5.43 Å². The zero-order valence-corrected chi connectivity index (χ0v) is 5.13. The molecule has 58 valence electrons. The molecule has 0 atom stereocenters. The Morgan fingerprint density at radius 1 is 1.36 bits per heavy atom. The lowest BCUT2D eigenvalue weighted by atomic mass is 11.0. The van der Waals surface area contributed by atoms with Crippen LogP contribution in [-0.4, -0.2) is 25.4 Å². The van der Waals surface area contributed by atoms with E-state index in [9.17, 15) is 10.1 Å². The maximum absolute atomic E-state index is 9.78. The third-order valence-electron chi connectivity index (χ3n) is 0.686. The number of nitrogens with zero attached hydrogens (tertiary/aromatic N) is 5. The van der Waals surface area contributed by atoms with E-state index in [2.05, 4.69) is 20.4 Å². The van der Waals surface area contributed by atoms with Crippen LogP contribution in [0.25, 0.3) is 0 Å². The van der Waals surface area contributed by atoms with Crippen LogP contribution in [0, 0.1) is 10.1 Å². The molecule has 9 nitrogen and oxygen atoms in total. The number of hydrogen-bond donors (Lipinski definition) is 2. The van der Waals surface area contributed by atoms with Crippen LogP contribution in [0.4, 0.5) is 11.9 Å². The normalized spacial score (nSPS) is 9.09. The summed E-state index contributed by atoms with van der Waals surface area (Å²) in [5.74, 6) is -0.442. The van der Waals surface area contributed by atoms with Crippen LogP contribution in [-0.2, 0) is 0 Å². The van der Waals surface area contributed by atoms with Crippen molar-refractivity contribution >= 4 is 11.9 Å². The van der Waals surface area contributed by atoms with Crippen molar-refractivity contribution in [3.8, 4) is 0 Å². The van der Waals surface area contributed by atoms with Gasteiger partial charge in [0.15, 0.2) is 5.03 Å². The molecule has 9 heteroatoms. The number of anilines is 2. The molecule has 0 bridgehead atoms. The Kier molecular flexibility index (Phi) is 1.72. The average Bonchev–Trinajstić information content (AvgIpc) is 1.93. The molecule has 0 aliphatic rings. The van der Waals surface area contributed by atoms with Crippen LogP contribution in [0.1, 0.15) is 0 Å². The summed E-state index contributed by atoms with van der Waals surface area (Å²) >= 11 is 0. The summed E-state index contributed by atoms with van der Waals surface area (Å²) in [7, 11) is 0. The summed E-state index contributed by atoms with van der Waals surface area (Å²) < 4.78 is 0. The zero-order valence-electron chi connectivity index (χ0n) is 5.13. The molecule has 0 amide bonds. The fourth-order valence-corrected chi connectivity index (χ4v) is 0.364. The van der Waals surface area contributed by atoms with E-state index in [1.807, 2.05) is 0 Å². The Balaban J connectivity index is 2.74. The van der Waals surface area contributed by atoms with E-state index in [1.54, 1.807) is 5.43 Å². The predicted octanol–water partition coefficient (Wildman–Crippen LogP) is -1.55. The van der Waals surface area contributed by atoms with Gasteiger partial charge in [-0.05, 0) is 0 Å². The molecule has 0 radical (unpaired) electrons. The van der Waals surface area contributed by atoms with Crippen molar-refractivity contribution in [2.24, 2.45) is 0 Å². The fourth-order valence-electron chi connectivity index (χ4n) is 0.364. The van der Waals surface area contributed by atoms with Crippen LogP contribution in [0.2, 0.25) is 0 Å². The largest absolute Gasteiger partial charge is 0.365 e. The minimum Gasteiger partial charge on any atom is -0.365 e. The molecule has 0 saturated heterocycles. The van der Waals surface area contributed by atoms with Crippen LogP contribution in [0.3, 0.4) is 0 Å². The highest BCUT2D eigenvalue weighted by Gasteiger charge is 2.02. The van der Waals surface area contributed by atoms with Gasteiger partial charge in [-0.2, -0.15) is 0 Å². The Morgan fingerprint density at radius 3 is 2.36 bits per heavy atom. The summed E-state index contributed by atoms with van der Waals surface area (Å²) in [4.78, 5) is 9.78. The maximum Gasteiger partial charge on any atom is 0.322 e. The summed E-state index contributed by atoms with van der Waals surface area (Å²) in [6.07, 6.45) is 0. The van der Waals surface area contributed by atoms with Gasteiger partial charge in [0.1, 0.15) is 0 Å². The van der Waals surface area contributed by atoms with Gasteiger partial charge < -0.3 is 5.73 Å². The number of nitrogens with two attached hydrogens (primary N) is 1. The summed E-state index contributed by atoms with van der Waals surface area (Å²) in [5.41, 5.74) is 6.66. The molecule has 0 fully saturated rings. The molecule has 0 unspecified atom stereocenters. The van der Waals surface area contributed by atoms with Gasteiger partial charge in [0.2, 0.25) is 0 Å².